The van der Waals surface area contributed by atoms with Crippen LogP contribution >= 0.6 is 0 Å². The van der Waals surface area contributed by atoms with Crippen molar-refractivity contribution < 1.29 is 8.83 Å². The Morgan fingerprint density at radius 3 is 2.53 bits per heavy atom. The van der Waals surface area contributed by atoms with Crippen molar-refractivity contribution in [2.45, 2.75) is 40.3 Å². The fourth-order valence-electron chi connectivity index (χ4n) is 1.64. The van der Waals surface area contributed by atoms with Crippen molar-refractivity contribution in [2.24, 2.45) is 0 Å². The van der Waals surface area contributed by atoms with E-state index in [-0.39, 0.29) is 6.04 Å². The number of aromatic nitrogens is 1. The molecule has 4 heteroatoms. The van der Waals surface area contributed by atoms with Crippen LogP contribution in [0.3, 0.4) is 0 Å². The summed E-state index contributed by atoms with van der Waals surface area (Å²) < 4.78 is 11.1. The van der Waals surface area contributed by atoms with Gasteiger partial charge in [0.25, 0.3) is 0 Å². The Labute approximate surface area is 101 Å². The lowest BCUT2D eigenvalue weighted by molar-refractivity contribution is 0.388. The highest BCUT2D eigenvalue weighted by Gasteiger charge is 2.11. The average molecular weight is 234 g/mol. The van der Waals surface area contributed by atoms with E-state index >= 15 is 0 Å². The number of nitrogens with zero attached hydrogens (tertiary/aromatic N) is 1. The van der Waals surface area contributed by atoms with Crippen LogP contribution in [0.1, 0.15) is 41.8 Å². The topological polar surface area (TPSA) is 51.2 Å². The molecule has 1 N–H and O–H groups in total. The zero-order valence-electron chi connectivity index (χ0n) is 10.7. The van der Waals surface area contributed by atoms with Crippen molar-refractivity contribution in [1.82, 2.24) is 10.3 Å². The second-order valence-electron chi connectivity index (χ2n) is 4.30. The first-order valence-electron chi connectivity index (χ1n) is 5.79. The first-order valence-corrected chi connectivity index (χ1v) is 5.79. The van der Waals surface area contributed by atoms with Gasteiger partial charge < -0.3 is 8.83 Å². The van der Waals surface area contributed by atoms with Crippen LogP contribution in [0.4, 0.5) is 0 Å². The summed E-state index contributed by atoms with van der Waals surface area (Å²) in [5.74, 6) is 3.46. The molecule has 1 unspecified atom stereocenters. The molecule has 0 aliphatic heterocycles. The minimum absolute atomic E-state index is 0.149. The van der Waals surface area contributed by atoms with E-state index in [1.165, 1.54) is 0 Å². The second-order valence-corrected chi connectivity index (χ2v) is 4.30. The zero-order chi connectivity index (χ0) is 12.4. The summed E-state index contributed by atoms with van der Waals surface area (Å²) >= 11 is 0. The molecule has 0 radical (unpaired) electrons. The Balaban J connectivity index is 1.94. The van der Waals surface area contributed by atoms with Gasteiger partial charge in [-0.3, -0.25) is 5.32 Å². The number of aryl methyl sites for hydroxylation is 3. The summed E-state index contributed by atoms with van der Waals surface area (Å²) in [5.41, 5.74) is 0.947. The number of nitrogens with one attached hydrogen (secondary N) is 1. The maximum Gasteiger partial charge on any atom is 0.208 e. The molecule has 2 heterocycles. The largest absolute Gasteiger partial charge is 0.465 e. The van der Waals surface area contributed by atoms with Gasteiger partial charge in [0.1, 0.15) is 17.3 Å². The highest BCUT2D eigenvalue weighted by Crippen LogP contribution is 2.16. The van der Waals surface area contributed by atoms with E-state index in [9.17, 15) is 0 Å². The van der Waals surface area contributed by atoms with E-state index < -0.39 is 0 Å². The first-order chi connectivity index (χ1) is 8.06. The maximum absolute atomic E-state index is 5.55. The van der Waals surface area contributed by atoms with Crippen molar-refractivity contribution in [3.8, 4) is 0 Å². The molecular formula is C13H18N2O2. The molecule has 1 atom stereocenters. The van der Waals surface area contributed by atoms with Crippen LogP contribution in [0.15, 0.2) is 21.0 Å². The third-order valence-electron chi connectivity index (χ3n) is 2.82. The zero-order valence-corrected chi connectivity index (χ0v) is 10.7. The molecule has 17 heavy (non-hydrogen) atoms. The molecule has 0 saturated carbocycles. The van der Waals surface area contributed by atoms with Gasteiger partial charge in [-0.15, -0.1) is 0 Å². The van der Waals surface area contributed by atoms with Crippen molar-refractivity contribution in [2.75, 3.05) is 0 Å². The van der Waals surface area contributed by atoms with Crippen LogP contribution in [-0.2, 0) is 6.54 Å². The second kappa shape index (κ2) is 4.75. The molecule has 2 rings (SSSR count). The average Bonchev–Trinajstić information content (AvgIpc) is 2.83. The molecule has 0 amide bonds. The summed E-state index contributed by atoms with van der Waals surface area (Å²) in [6, 6.07) is 4.10. The standard InChI is InChI=1S/C13H18N2O2/c1-8-5-6-12(16-8)10(3)14-7-13-15-9(2)11(4)17-13/h5-6,10,14H,7H2,1-4H3. The molecular weight excluding hydrogens is 216 g/mol. The van der Waals surface area contributed by atoms with Gasteiger partial charge in [0, 0.05) is 0 Å². The first kappa shape index (κ1) is 11.9. The third kappa shape index (κ3) is 2.77. The van der Waals surface area contributed by atoms with Crippen LogP contribution in [0.25, 0.3) is 0 Å². The van der Waals surface area contributed by atoms with E-state index in [2.05, 4.69) is 17.2 Å². The van der Waals surface area contributed by atoms with E-state index in [0.29, 0.717) is 6.54 Å². The predicted octanol–water partition coefficient (Wildman–Crippen LogP) is 3.04. The summed E-state index contributed by atoms with van der Waals surface area (Å²) in [7, 11) is 0. The monoisotopic (exact) mass is 234 g/mol. The molecule has 92 valence electrons. The summed E-state index contributed by atoms with van der Waals surface area (Å²) in [5, 5.41) is 3.32. The fourth-order valence-corrected chi connectivity index (χ4v) is 1.64. The van der Waals surface area contributed by atoms with Crippen molar-refractivity contribution in [1.29, 1.82) is 0 Å². The number of oxazole rings is 1. The molecule has 0 aromatic carbocycles. The minimum atomic E-state index is 0.149. The Bertz CT molecular complexity index is 480. The van der Waals surface area contributed by atoms with Gasteiger partial charge in [0.15, 0.2) is 0 Å². The molecule has 0 aliphatic rings. The van der Waals surface area contributed by atoms with Gasteiger partial charge in [-0.25, -0.2) is 4.98 Å². The molecule has 0 bridgehead atoms. The Morgan fingerprint density at radius 1 is 1.24 bits per heavy atom. The summed E-state index contributed by atoms with van der Waals surface area (Å²) in [4.78, 5) is 4.32. The number of hydrogen-bond donors (Lipinski definition) is 1. The maximum atomic E-state index is 5.55. The Morgan fingerprint density at radius 2 is 2.00 bits per heavy atom. The molecule has 0 fully saturated rings. The predicted molar refractivity (Wildman–Crippen MR) is 64.7 cm³/mol. The van der Waals surface area contributed by atoms with Gasteiger partial charge in [-0.05, 0) is 39.8 Å². The molecule has 2 aromatic rings. The van der Waals surface area contributed by atoms with Gasteiger partial charge in [0.2, 0.25) is 5.89 Å². The Hall–Kier alpha value is -1.55. The van der Waals surface area contributed by atoms with Crippen LogP contribution in [0, 0.1) is 20.8 Å². The number of hydrogen-bond acceptors (Lipinski definition) is 4. The molecule has 0 aliphatic carbocycles. The van der Waals surface area contributed by atoms with E-state index in [0.717, 1.165) is 28.9 Å². The van der Waals surface area contributed by atoms with Crippen LogP contribution < -0.4 is 5.32 Å². The van der Waals surface area contributed by atoms with Crippen molar-refractivity contribution in [3.63, 3.8) is 0 Å². The SMILES string of the molecule is Cc1ccc(C(C)NCc2nc(C)c(C)o2)o1. The van der Waals surface area contributed by atoms with Crippen molar-refractivity contribution in [3.05, 3.63) is 41.0 Å². The lowest BCUT2D eigenvalue weighted by atomic mass is 10.2. The summed E-state index contributed by atoms with van der Waals surface area (Å²) in [6.45, 7) is 8.47. The third-order valence-corrected chi connectivity index (χ3v) is 2.82. The molecule has 0 spiro atoms. The van der Waals surface area contributed by atoms with Crippen LogP contribution in [0.5, 0.6) is 0 Å². The van der Waals surface area contributed by atoms with Crippen LogP contribution in [0.2, 0.25) is 0 Å². The van der Waals surface area contributed by atoms with Crippen LogP contribution in [-0.4, -0.2) is 4.98 Å². The highest BCUT2D eigenvalue weighted by atomic mass is 16.4. The van der Waals surface area contributed by atoms with E-state index in [1.807, 2.05) is 32.9 Å². The van der Waals surface area contributed by atoms with Gasteiger partial charge in [-0.2, -0.15) is 0 Å². The number of furan rings is 1. The molecule has 0 saturated heterocycles. The quantitative estimate of drug-likeness (QED) is 0.883. The van der Waals surface area contributed by atoms with E-state index in [4.69, 9.17) is 8.83 Å². The normalized spacial score (nSPS) is 12.9. The number of rotatable bonds is 4. The smallest absolute Gasteiger partial charge is 0.208 e. The fraction of sp³-hybridized carbons (Fsp3) is 0.462. The molecule has 2 aromatic heterocycles. The lowest BCUT2D eigenvalue weighted by Crippen LogP contribution is -2.17. The van der Waals surface area contributed by atoms with E-state index in [1.54, 1.807) is 0 Å². The van der Waals surface area contributed by atoms with Gasteiger partial charge in [0.05, 0.1) is 18.3 Å². The summed E-state index contributed by atoms with van der Waals surface area (Å²) in [6.07, 6.45) is 0. The van der Waals surface area contributed by atoms with Gasteiger partial charge >= 0.3 is 0 Å². The minimum Gasteiger partial charge on any atom is -0.465 e. The van der Waals surface area contributed by atoms with Gasteiger partial charge in [-0.1, -0.05) is 0 Å². The Kier molecular flexibility index (Phi) is 3.33. The highest BCUT2D eigenvalue weighted by molar-refractivity contribution is 5.09. The van der Waals surface area contributed by atoms with Crippen molar-refractivity contribution >= 4 is 0 Å². The lowest BCUT2D eigenvalue weighted by Gasteiger charge is -2.09. The molecule has 4 nitrogen and oxygen atoms in total.